The molecule has 9 heteroatoms. The van der Waals surface area contributed by atoms with Crippen molar-refractivity contribution in [1.82, 2.24) is 0 Å². The van der Waals surface area contributed by atoms with Crippen molar-refractivity contribution in [3.8, 4) is 0 Å². The number of carbonyl (C=O) groups excluding carboxylic acids is 2. The molecular formula is C50H86NO8+. The Morgan fingerprint density at radius 2 is 1.02 bits per heavy atom. The number of esters is 2. The number of quaternary nitrogens is 1. The van der Waals surface area contributed by atoms with Gasteiger partial charge in [0.2, 0.25) is 0 Å². The van der Waals surface area contributed by atoms with Crippen LogP contribution in [0.2, 0.25) is 0 Å². The monoisotopic (exact) mass is 829 g/mol. The van der Waals surface area contributed by atoms with Crippen LogP contribution in [0.1, 0.15) is 168 Å². The molecule has 9 nitrogen and oxygen atoms in total. The van der Waals surface area contributed by atoms with Gasteiger partial charge in [-0.3, -0.25) is 9.59 Å². The number of nitrogens with zero attached hydrogens (tertiary/aromatic N) is 1. The SMILES string of the molecule is CC/C=C\C/C=C\C/C=C\C/C=C\C/C=C\CC(=O)OC(COC(=O)CCCCCCCCCCC/C=C\CCCCCCCC)COC(OCC[N+](C)(C)C)C(=O)O. The van der Waals surface area contributed by atoms with Crippen LogP contribution in [0.15, 0.2) is 72.9 Å². The van der Waals surface area contributed by atoms with Crippen LogP contribution in [0.3, 0.4) is 0 Å². The van der Waals surface area contributed by atoms with E-state index in [4.69, 9.17) is 18.9 Å². The van der Waals surface area contributed by atoms with Gasteiger partial charge in [-0.1, -0.05) is 164 Å². The number of carbonyl (C=O) groups is 3. The Bertz CT molecular complexity index is 1200. The molecule has 0 spiro atoms. The molecule has 0 aromatic rings. The predicted octanol–water partition coefficient (Wildman–Crippen LogP) is 12.3. The number of carboxylic acid groups (broad SMARTS) is 1. The van der Waals surface area contributed by atoms with Crippen LogP contribution in [0.25, 0.3) is 0 Å². The van der Waals surface area contributed by atoms with Gasteiger partial charge in [0.1, 0.15) is 13.2 Å². The Kier molecular flexibility index (Phi) is 39.2. The summed E-state index contributed by atoms with van der Waals surface area (Å²) in [6.07, 6.45) is 48.5. The van der Waals surface area contributed by atoms with E-state index in [1.165, 1.54) is 89.9 Å². The third-order valence-electron chi connectivity index (χ3n) is 9.48. The van der Waals surface area contributed by atoms with Gasteiger partial charge in [0, 0.05) is 6.42 Å². The van der Waals surface area contributed by atoms with Crippen LogP contribution in [0, 0.1) is 0 Å². The number of carboxylic acids is 1. The fraction of sp³-hybridized carbons (Fsp3) is 0.700. The first kappa shape index (κ1) is 55.7. The zero-order valence-corrected chi connectivity index (χ0v) is 38.1. The molecule has 0 fully saturated rings. The highest BCUT2D eigenvalue weighted by molar-refractivity contribution is 5.72. The van der Waals surface area contributed by atoms with Crippen molar-refractivity contribution in [3.63, 3.8) is 0 Å². The van der Waals surface area contributed by atoms with Crippen molar-refractivity contribution in [2.24, 2.45) is 0 Å². The Morgan fingerprint density at radius 1 is 0.542 bits per heavy atom. The molecule has 0 bridgehead atoms. The first-order chi connectivity index (χ1) is 28.6. The number of allylic oxidation sites excluding steroid dienone is 11. The molecule has 59 heavy (non-hydrogen) atoms. The molecule has 0 saturated heterocycles. The van der Waals surface area contributed by atoms with E-state index in [-0.39, 0.29) is 38.6 Å². The number of aliphatic carboxylic acids is 1. The van der Waals surface area contributed by atoms with E-state index in [1.54, 1.807) is 6.08 Å². The van der Waals surface area contributed by atoms with Crippen molar-refractivity contribution in [2.75, 3.05) is 47.5 Å². The zero-order valence-electron chi connectivity index (χ0n) is 38.1. The number of likely N-dealkylation sites (N-methyl/N-ethyl adjacent to an activating group) is 1. The van der Waals surface area contributed by atoms with Crippen LogP contribution in [-0.2, 0) is 33.3 Å². The van der Waals surface area contributed by atoms with Gasteiger partial charge in [-0.2, -0.15) is 0 Å². The second-order valence-corrected chi connectivity index (χ2v) is 16.3. The summed E-state index contributed by atoms with van der Waals surface area (Å²) in [6, 6.07) is 0. The van der Waals surface area contributed by atoms with Crippen LogP contribution in [0.4, 0.5) is 0 Å². The van der Waals surface area contributed by atoms with Crippen molar-refractivity contribution >= 4 is 17.9 Å². The molecule has 0 radical (unpaired) electrons. The van der Waals surface area contributed by atoms with Crippen LogP contribution >= 0.6 is 0 Å². The quantitative estimate of drug-likeness (QED) is 0.0213. The lowest BCUT2D eigenvalue weighted by molar-refractivity contribution is -0.870. The Morgan fingerprint density at radius 3 is 1.51 bits per heavy atom. The number of hydrogen-bond acceptors (Lipinski definition) is 7. The third kappa shape index (κ3) is 42.7. The smallest absolute Gasteiger partial charge is 0.361 e. The van der Waals surface area contributed by atoms with E-state index in [0.29, 0.717) is 17.4 Å². The lowest BCUT2D eigenvalue weighted by Gasteiger charge is -2.25. The van der Waals surface area contributed by atoms with Gasteiger partial charge in [0.15, 0.2) is 6.10 Å². The summed E-state index contributed by atoms with van der Waals surface area (Å²) in [5.74, 6) is -2.18. The highest BCUT2D eigenvalue weighted by atomic mass is 16.7. The van der Waals surface area contributed by atoms with E-state index >= 15 is 0 Å². The van der Waals surface area contributed by atoms with Gasteiger partial charge in [-0.05, 0) is 64.2 Å². The first-order valence-corrected chi connectivity index (χ1v) is 23.1. The molecule has 338 valence electrons. The van der Waals surface area contributed by atoms with Crippen molar-refractivity contribution in [2.45, 2.75) is 180 Å². The minimum atomic E-state index is -1.54. The molecule has 0 aromatic heterocycles. The average molecular weight is 829 g/mol. The molecular weight excluding hydrogens is 743 g/mol. The second kappa shape index (κ2) is 41.5. The highest BCUT2D eigenvalue weighted by Crippen LogP contribution is 2.13. The largest absolute Gasteiger partial charge is 0.477 e. The van der Waals surface area contributed by atoms with E-state index in [9.17, 15) is 19.5 Å². The summed E-state index contributed by atoms with van der Waals surface area (Å²) in [6.45, 7) is 4.62. The summed E-state index contributed by atoms with van der Waals surface area (Å²) in [5.41, 5.74) is 0. The number of unbranched alkanes of at least 4 members (excludes halogenated alkanes) is 15. The predicted molar refractivity (Wildman–Crippen MR) is 244 cm³/mol. The third-order valence-corrected chi connectivity index (χ3v) is 9.48. The minimum Gasteiger partial charge on any atom is -0.477 e. The average Bonchev–Trinajstić information content (AvgIpc) is 3.19. The van der Waals surface area contributed by atoms with Crippen LogP contribution < -0.4 is 0 Å². The van der Waals surface area contributed by atoms with Gasteiger partial charge in [-0.25, -0.2) is 4.79 Å². The van der Waals surface area contributed by atoms with E-state index in [2.05, 4.69) is 68.5 Å². The maximum Gasteiger partial charge on any atom is 0.361 e. The molecule has 0 aliphatic heterocycles. The van der Waals surface area contributed by atoms with E-state index < -0.39 is 24.3 Å². The number of rotatable bonds is 41. The number of hydrogen-bond donors (Lipinski definition) is 1. The summed E-state index contributed by atoms with van der Waals surface area (Å²) >= 11 is 0. The van der Waals surface area contributed by atoms with Crippen molar-refractivity contribution in [3.05, 3.63) is 72.9 Å². The van der Waals surface area contributed by atoms with Gasteiger partial charge in [-0.15, -0.1) is 0 Å². The van der Waals surface area contributed by atoms with Crippen molar-refractivity contribution < 1.29 is 42.9 Å². The Labute approximate surface area is 360 Å². The number of ether oxygens (including phenoxy) is 4. The van der Waals surface area contributed by atoms with Gasteiger partial charge in [0.25, 0.3) is 6.29 Å². The fourth-order valence-corrected chi connectivity index (χ4v) is 5.90. The van der Waals surface area contributed by atoms with Crippen LogP contribution in [0.5, 0.6) is 0 Å². The Balaban J connectivity index is 4.51. The zero-order chi connectivity index (χ0) is 43.5. The molecule has 2 atom stereocenters. The molecule has 0 amide bonds. The molecule has 0 saturated carbocycles. The standard InChI is InChI=1S/C50H85NO8/c1-6-8-10-12-14-16-18-20-22-23-24-25-27-28-30-32-34-36-38-40-47(52)57-44-46(45-58-50(49(54)55)56-43-42-51(3,4)5)59-48(53)41-39-37-35-33-31-29-26-21-19-17-15-13-11-9-7-2/h9,11,15,17,20-22,26,31,33,37,39,46,50H,6-8,10,12-14,16,18-19,23-25,27-30,32,34-36,38,40-45H2,1-5H3/p+1/b11-9-,17-15-,22-20-,26-21-,33-31-,39-37-. The molecule has 0 rings (SSSR count). The topological polar surface area (TPSA) is 108 Å². The summed E-state index contributed by atoms with van der Waals surface area (Å²) in [7, 11) is 5.92. The van der Waals surface area contributed by atoms with Crippen LogP contribution in [-0.4, -0.2) is 87.4 Å². The van der Waals surface area contributed by atoms with E-state index in [0.717, 1.165) is 44.9 Å². The summed E-state index contributed by atoms with van der Waals surface area (Å²) in [4.78, 5) is 37.1. The summed E-state index contributed by atoms with van der Waals surface area (Å²) < 4.78 is 22.6. The molecule has 2 unspecified atom stereocenters. The van der Waals surface area contributed by atoms with Gasteiger partial charge < -0.3 is 28.5 Å². The summed E-state index contributed by atoms with van der Waals surface area (Å²) in [5, 5.41) is 9.63. The lowest BCUT2D eigenvalue weighted by atomic mass is 10.1. The first-order valence-electron chi connectivity index (χ1n) is 23.1. The van der Waals surface area contributed by atoms with Gasteiger partial charge >= 0.3 is 17.9 Å². The molecule has 0 aliphatic rings. The normalized spacial score (nSPS) is 13.6. The lowest BCUT2D eigenvalue weighted by Crippen LogP contribution is -2.40. The minimum absolute atomic E-state index is 0.0248. The second-order valence-electron chi connectivity index (χ2n) is 16.3. The molecule has 0 heterocycles. The molecule has 0 aliphatic carbocycles. The maximum atomic E-state index is 12.7. The van der Waals surface area contributed by atoms with Gasteiger partial charge in [0.05, 0.1) is 40.8 Å². The molecule has 0 aromatic carbocycles. The van der Waals surface area contributed by atoms with E-state index in [1.807, 2.05) is 33.3 Å². The fourth-order valence-electron chi connectivity index (χ4n) is 5.90. The Hall–Kier alpha value is -3.27. The highest BCUT2D eigenvalue weighted by Gasteiger charge is 2.24. The molecule has 1 N–H and O–H groups in total. The van der Waals surface area contributed by atoms with Crippen molar-refractivity contribution in [1.29, 1.82) is 0 Å². The maximum absolute atomic E-state index is 12.7.